The Morgan fingerprint density at radius 3 is 3.08 bits per heavy atom. The van der Waals surface area contributed by atoms with Crippen molar-refractivity contribution in [1.82, 2.24) is 29.8 Å². The first kappa shape index (κ1) is 15.4. The van der Waals surface area contributed by atoms with Crippen LogP contribution >= 0.6 is 11.3 Å². The summed E-state index contributed by atoms with van der Waals surface area (Å²) in [4.78, 5) is 23.8. The standard InChI is InChI=1S/C17H20N6S/c1-12-7-15(17-18-4-5-19-17)22-16(21-12)13-3-2-6-23(8-13)9-14-10-24-11-20-14/h4-5,7,10-11,13H,2-3,6,8-9H2,1H3,(H,18,19)/t13-/m0/s1. The Balaban J connectivity index is 1.54. The minimum absolute atomic E-state index is 0.367. The fourth-order valence-corrected chi connectivity index (χ4v) is 3.80. The van der Waals surface area contributed by atoms with Gasteiger partial charge >= 0.3 is 0 Å². The molecule has 0 spiro atoms. The van der Waals surface area contributed by atoms with Gasteiger partial charge in [-0.2, -0.15) is 0 Å². The molecule has 4 rings (SSSR count). The smallest absolute Gasteiger partial charge is 0.156 e. The van der Waals surface area contributed by atoms with E-state index in [1.807, 2.05) is 24.7 Å². The molecule has 6 nitrogen and oxygen atoms in total. The number of likely N-dealkylation sites (tertiary alicyclic amines) is 1. The molecule has 124 valence electrons. The first-order valence-corrected chi connectivity index (χ1v) is 9.17. The van der Waals surface area contributed by atoms with Gasteiger partial charge in [-0.25, -0.2) is 19.9 Å². The summed E-state index contributed by atoms with van der Waals surface area (Å²) in [5, 5.41) is 2.13. The molecule has 1 aliphatic heterocycles. The van der Waals surface area contributed by atoms with Gasteiger partial charge in [-0.3, -0.25) is 4.90 Å². The number of hydrogen-bond acceptors (Lipinski definition) is 6. The van der Waals surface area contributed by atoms with E-state index in [9.17, 15) is 0 Å². The molecule has 0 saturated carbocycles. The zero-order valence-electron chi connectivity index (χ0n) is 13.6. The molecule has 1 fully saturated rings. The van der Waals surface area contributed by atoms with Gasteiger partial charge in [0.05, 0.1) is 11.2 Å². The number of piperidine rings is 1. The van der Waals surface area contributed by atoms with Crippen LogP contribution in [0.3, 0.4) is 0 Å². The Morgan fingerprint density at radius 2 is 2.29 bits per heavy atom. The number of thiazole rings is 1. The molecular formula is C17H20N6S. The predicted octanol–water partition coefficient (Wildman–Crippen LogP) is 3.01. The van der Waals surface area contributed by atoms with E-state index >= 15 is 0 Å². The maximum Gasteiger partial charge on any atom is 0.156 e. The van der Waals surface area contributed by atoms with Gasteiger partial charge in [0, 0.05) is 42.5 Å². The van der Waals surface area contributed by atoms with Crippen molar-refractivity contribution >= 4 is 11.3 Å². The maximum absolute atomic E-state index is 4.79. The zero-order valence-corrected chi connectivity index (χ0v) is 14.5. The lowest BCUT2D eigenvalue weighted by molar-refractivity contribution is 0.195. The number of aromatic nitrogens is 5. The fraction of sp³-hybridized carbons (Fsp3) is 0.412. The van der Waals surface area contributed by atoms with E-state index in [-0.39, 0.29) is 0 Å². The van der Waals surface area contributed by atoms with Crippen LogP contribution in [0.5, 0.6) is 0 Å². The summed E-state index contributed by atoms with van der Waals surface area (Å²) in [6, 6.07) is 1.98. The molecule has 1 aliphatic rings. The second-order valence-electron chi connectivity index (χ2n) is 6.24. The molecule has 0 unspecified atom stereocenters. The van der Waals surface area contributed by atoms with E-state index in [1.165, 1.54) is 6.42 Å². The van der Waals surface area contributed by atoms with Crippen LogP contribution in [0.2, 0.25) is 0 Å². The largest absolute Gasteiger partial charge is 0.343 e. The topological polar surface area (TPSA) is 70.6 Å². The number of H-pyrrole nitrogens is 1. The lowest BCUT2D eigenvalue weighted by Gasteiger charge is -2.31. The lowest BCUT2D eigenvalue weighted by Crippen LogP contribution is -2.34. The average molecular weight is 340 g/mol. The normalized spacial score (nSPS) is 18.8. The molecule has 1 saturated heterocycles. The molecule has 0 amide bonds. The average Bonchev–Trinajstić information content (AvgIpc) is 3.28. The lowest BCUT2D eigenvalue weighted by atomic mass is 9.96. The molecule has 7 heteroatoms. The van der Waals surface area contributed by atoms with Crippen molar-refractivity contribution in [2.24, 2.45) is 0 Å². The molecule has 1 N–H and O–H groups in total. The number of rotatable bonds is 4. The third-order valence-corrected chi connectivity index (χ3v) is 4.99. The zero-order chi connectivity index (χ0) is 16.4. The highest BCUT2D eigenvalue weighted by atomic mass is 32.1. The van der Waals surface area contributed by atoms with Gasteiger partial charge in [-0.05, 0) is 32.4 Å². The maximum atomic E-state index is 4.79. The van der Waals surface area contributed by atoms with Crippen molar-refractivity contribution < 1.29 is 0 Å². The predicted molar refractivity (Wildman–Crippen MR) is 93.7 cm³/mol. The summed E-state index contributed by atoms with van der Waals surface area (Å²) in [5.74, 6) is 2.10. The first-order chi connectivity index (χ1) is 11.8. The van der Waals surface area contributed by atoms with Crippen molar-refractivity contribution in [2.75, 3.05) is 13.1 Å². The molecule has 0 aromatic carbocycles. The second kappa shape index (κ2) is 6.78. The first-order valence-electron chi connectivity index (χ1n) is 8.22. The summed E-state index contributed by atoms with van der Waals surface area (Å²) in [6.07, 6.45) is 5.88. The molecule has 24 heavy (non-hydrogen) atoms. The highest BCUT2D eigenvalue weighted by Crippen LogP contribution is 2.27. The summed E-state index contributed by atoms with van der Waals surface area (Å²) >= 11 is 1.65. The van der Waals surface area contributed by atoms with Gasteiger partial charge in [0.1, 0.15) is 11.5 Å². The number of aromatic amines is 1. The van der Waals surface area contributed by atoms with Crippen LogP contribution in [0.15, 0.2) is 29.4 Å². The minimum Gasteiger partial charge on any atom is -0.343 e. The highest BCUT2D eigenvalue weighted by molar-refractivity contribution is 7.07. The molecule has 1 atom stereocenters. The number of aryl methyl sites for hydroxylation is 1. The van der Waals surface area contributed by atoms with Crippen molar-refractivity contribution in [3.63, 3.8) is 0 Å². The Bertz CT molecular complexity index is 784. The molecule has 0 bridgehead atoms. The molecule has 3 aromatic rings. The van der Waals surface area contributed by atoms with Crippen LogP contribution in [-0.4, -0.2) is 42.9 Å². The number of nitrogens with zero attached hydrogens (tertiary/aromatic N) is 5. The third-order valence-electron chi connectivity index (χ3n) is 4.35. The minimum atomic E-state index is 0.367. The van der Waals surface area contributed by atoms with Gasteiger partial charge in [0.25, 0.3) is 0 Å². The molecule has 0 radical (unpaired) electrons. The van der Waals surface area contributed by atoms with E-state index in [4.69, 9.17) is 9.97 Å². The quantitative estimate of drug-likeness (QED) is 0.790. The molecular weight excluding hydrogens is 320 g/mol. The Morgan fingerprint density at radius 1 is 1.33 bits per heavy atom. The monoisotopic (exact) mass is 340 g/mol. The van der Waals surface area contributed by atoms with Crippen LogP contribution in [0.4, 0.5) is 0 Å². The van der Waals surface area contributed by atoms with Crippen molar-refractivity contribution in [1.29, 1.82) is 0 Å². The van der Waals surface area contributed by atoms with E-state index in [0.717, 1.165) is 54.8 Å². The van der Waals surface area contributed by atoms with Gasteiger partial charge < -0.3 is 4.98 Å². The molecule has 0 aliphatic carbocycles. The van der Waals surface area contributed by atoms with Gasteiger partial charge in [0.15, 0.2) is 5.82 Å². The van der Waals surface area contributed by atoms with Crippen LogP contribution in [0.25, 0.3) is 11.5 Å². The van der Waals surface area contributed by atoms with E-state index in [0.29, 0.717) is 5.92 Å². The van der Waals surface area contributed by atoms with Crippen LogP contribution in [0, 0.1) is 6.92 Å². The Labute approximate surface area is 145 Å². The number of imidazole rings is 1. The fourth-order valence-electron chi connectivity index (χ4n) is 3.26. The van der Waals surface area contributed by atoms with Crippen molar-refractivity contribution in [3.05, 3.63) is 46.6 Å². The second-order valence-corrected chi connectivity index (χ2v) is 6.96. The van der Waals surface area contributed by atoms with Gasteiger partial charge in [0.2, 0.25) is 0 Å². The van der Waals surface area contributed by atoms with E-state index < -0.39 is 0 Å². The highest BCUT2D eigenvalue weighted by Gasteiger charge is 2.24. The summed E-state index contributed by atoms with van der Waals surface area (Å²) in [7, 11) is 0. The van der Waals surface area contributed by atoms with Gasteiger partial charge in [-0.15, -0.1) is 11.3 Å². The molecule has 4 heterocycles. The van der Waals surface area contributed by atoms with Crippen LogP contribution in [0.1, 0.15) is 36.0 Å². The van der Waals surface area contributed by atoms with E-state index in [1.54, 1.807) is 17.5 Å². The summed E-state index contributed by atoms with van der Waals surface area (Å²) in [5.41, 5.74) is 4.92. The SMILES string of the molecule is Cc1cc(-c2ncc[nH]2)nc([C@H]2CCCN(Cc3cscn3)C2)n1. The third kappa shape index (κ3) is 3.37. The van der Waals surface area contributed by atoms with Crippen LogP contribution in [-0.2, 0) is 6.54 Å². The summed E-state index contributed by atoms with van der Waals surface area (Å²) in [6.45, 7) is 5.04. The molecule has 3 aromatic heterocycles. The van der Waals surface area contributed by atoms with E-state index in [2.05, 4.69) is 25.2 Å². The number of hydrogen-bond donors (Lipinski definition) is 1. The van der Waals surface area contributed by atoms with Crippen molar-refractivity contribution in [2.45, 2.75) is 32.2 Å². The summed E-state index contributed by atoms with van der Waals surface area (Å²) < 4.78 is 0. The van der Waals surface area contributed by atoms with Gasteiger partial charge in [-0.1, -0.05) is 0 Å². The Hall–Kier alpha value is -2.12. The number of nitrogens with one attached hydrogen (secondary N) is 1. The Kier molecular flexibility index (Phi) is 4.36. The van der Waals surface area contributed by atoms with Crippen LogP contribution < -0.4 is 0 Å². The van der Waals surface area contributed by atoms with Crippen molar-refractivity contribution in [3.8, 4) is 11.5 Å².